The lowest BCUT2D eigenvalue weighted by molar-refractivity contribution is -0.110. The first-order valence-electron chi connectivity index (χ1n) is 14.8. The van der Waals surface area contributed by atoms with Crippen molar-refractivity contribution in [3.8, 4) is 0 Å². The molecular formula is C33H47N3O8. The number of nitrogens with zero attached hydrogens (tertiary/aromatic N) is 1. The van der Waals surface area contributed by atoms with Gasteiger partial charge in [-0.05, 0) is 61.8 Å². The number of aliphatic hydroxyl groups excluding tert-OH is 2. The Hall–Kier alpha value is -3.96. The van der Waals surface area contributed by atoms with Crippen LogP contribution in [-0.4, -0.2) is 76.4 Å². The molecule has 0 saturated carbocycles. The van der Waals surface area contributed by atoms with Crippen LogP contribution in [0.2, 0.25) is 0 Å². The summed E-state index contributed by atoms with van der Waals surface area (Å²) in [6, 6.07) is 0. The molecule has 2 aromatic rings. The maximum atomic E-state index is 11.7. The van der Waals surface area contributed by atoms with E-state index in [1.54, 1.807) is 14.2 Å². The van der Waals surface area contributed by atoms with Crippen molar-refractivity contribution in [3.05, 3.63) is 69.7 Å². The highest BCUT2D eigenvalue weighted by Crippen LogP contribution is 2.29. The number of hydrogen-bond acceptors (Lipinski definition) is 9. The van der Waals surface area contributed by atoms with E-state index in [2.05, 4.69) is 22.0 Å². The second-order valence-corrected chi connectivity index (χ2v) is 11.2. The number of Topliss-reactive ketones (excluding diaryl/α,β-unsaturated/α-hetero) is 3. The number of H-pyrrole nitrogens is 2. The monoisotopic (exact) mass is 613 g/mol. The van der Waals surface area contributed by atoms with Crippen molar-refractivity contribution in [1.29, 1.82) is 0 Å². The molecular weight excluding hydrogens is 566 g/mol. The van der Waals surface area contributed by atoms with E-state index in [9.17, 15) is 14.4 Å². The first-order valence-corrected chi connectivity index (χ1v) is 14.8. The summed E-state index contributed by atoms with van der Waals surface area (Å²) in [6.07, 6.45) is 13.3. The minimum absolute atomic E-state index is 0.0312. The molecule has 0 fully saturated rings. The third kappa shape index (κ3) is 10.3. The summed E-state index contributed by atoms with van der Waals surface area (Å²) < 4.78 is 10.2. The van der Waals surface area contributed by atoms with E-state index in [0.717, 1.165) is 77.1 Å². The van der Waals surface area contributed by atoms with Crippen LogP contribution in [0.25, 0.3) is 0 Å². The van der Waals surface area contributed by atoms with E-state index in [1.165, 1.54) is 6.92 Å². The maximum absolute atomic E-state index is 11.7. The molecule has 0 bridgehead atoms. The second kappa shape index (κ2) is 18.0. The zero-order chi connectivity index (χ0) is 32.8. The molecule has 5 rings (SSSR count). The van der Waals surface area contributed by atoms with Crippen LogP contribution in [0.4, 0.5) is 0 Å². The Balaban J connectivity index is 0.000000211. The molecule has 0 radical (unpaired) electrons. The summed E-state index contributed by atoms with van der Waals surface area (Å²) in [6.45, 7) is 7.59. The van der Waals surface area contributed by atoms with Crippen molar-refractivity contribution in [2.24, 2.45) is 22.9 Å². The van der Waals surface area contributed by atoms with E-state index >= 15 is 0 Å². The summed E-state index contributed by atoms with van der Waals surface area (Å²) in [7, 11) is 3.25. The molecule has 2 heterocycles. The number of rotatable bonds is 6. The zero-order valence-electron chi connectivity index (χ0n) is 26.6. The SMILES string of the molecule is CC(=O)/C=N/O.CCC1CC(=O)c2c(C)c[nH]c2C1.COC1=CC(CO)C=C(OC)C1.Cc1c[nH]c2c1C(=O)CC(CO)C2. The Labute approximate surface area is 259 Å². The van der Waals surface area contributed by atoms with Gasteiger partial charge in [-0.15, -0.1) is 0 Å². The highest BCUT2D eigenvalue weighted by molar-refractivity contribution is 6.26. The van der Waals surface area contributed by atoms with Crippen LogP contribution < -0.4 is 0 Å². The van der Waals surface area contributed by atoms with Gasteiger partial charge in [-0.3, -0.25) is 14.4 Å². The van der Waals surface area contributed by atoms with Crippen molar-refractivity contribution in [2.45, 2.75) is 66.2 Å². The fraction of sp³-hybridized carbons (Fsp3) is 0.515. The van der Waals surface area contributed by atoms with Gasteiger partial charge in [0.1, 0.15) is 6.21 Å². The molecule has 3 aliphatic rings. The molecule has 242 valence electrons. The molecule has 2 aromatic heterocycles. The molecule has 11 heteroatoms. The zero-order valence-corrected chi connectivity index (χ0v) is 26.6. The molecule has 0 aromatic carbocycles. The highest BCUT2D eigenvalue weighted by atomic mass is 16.5. The van der Waals surface area contributed by atoms with Crippen molar-refractivity contribution in [1.82, 2.24) is 9.97 Å². The maximum Gasteiger partial charge on any atom is 0.174 e. The summed E-state index contributed by atoms with van der Waals surface area (Å²) >= 11 is 0. The number of ether oxygens (including phenoxy) is 2. The standard InChI is InChI=1S/C11H15NO.C10H13NO2.C9H14O3.C3H5NO2/c1-3-8-4-9-11(10(13)5-8)7(2)6-12-9;1-6-4-11-8-2-7(5-12)3-9(13)10(6)8;1-11-8-3-7(6-10)4-9(5-8)12-2;1-3(5)2-4-6/h6,8,12H,3-5H2,1-2H3;4,7,11-12H,2-3,5H2,1H3;3-4,7,10H,5-6H2,1-2H3;2,6H,1H3/b;;;4-2+. The summed E-state index contributed by atoms with van der Waals surface area (Å²) in [5, 5.41) is 27.9. The van der Waals surface area contributed by atoms with Crippen LogP contribution >= 0.6 is 0 Å². The molecule has 2 atom stereocenters. The van der Waals surface area contributed by atoms with Gasteiger partial charge >= 0.3 is 0 Å². The van der Waals surface area contributed by atoms with Gasteiger partial charge in [-0.25, -0.2) is 0 Å². The van der Waals surface area contributed by atoms with Gasteiger partial charge in [-0.1, -0.05) is 18.5 Å². The Morgan fingerprint density at radius 1 is 0.886 bits per heavy atom. The number of aromatic amines is 2. The molecule has 0 saturated heterocycles. The topological polar surface area (TPSA) is 174 Å². The number of nitrogens with one attached hydrogen (secondary N) is 2. The first kappa shape index (κ1) is 36.2. The third-order valence-electron chi connectivity index (χ3n) is 7.77. The number of methoxy groups -OCH3 is 2. The number of carbonyl (C=O) groups is 3. The Bertz CT molecular complexity index is 1260. The van der Waals surface area contributed by atoms with E-state index in [4.69, 9.17) is 24.9 Å². The van der Waals surface area contributed by atoms with E-state index in [0.29, 0.717) is 24.5 Å². The molecule has 2 unspecified atom stereocenters. The number of aromatic nitrogens is 2. The summed E-state index contributed by atoms with van der Waals surface area (Å²) in [4.78, 5) is 39.3. The Kier molecular flexibility index (Phi) is 14.8. The number of aliphatic hydroxyl groups is 2. The minimum Gasteiger partial charge on any atom is -0.501 e. The average molecular weight is 614 g/mol. The van der Waals surface area contributed by atoms with Crippen LogP contribution in [0.15, 0.2) is 41.2 Å². The molecule has 11 nitrogen and oxygen atoms in total. The molecule has 5 N–H and O–H groups in total. The van der Waals surface area contributed by atoms with Crippen LogP contribution in [0.3, 0.4) is 0 Å². The Morgan fingerprint density at radius 3 is 1.73 bits per heavy atom. The lowest BCUT2D eigenvalue weighted by atomic mass is 9.84. The van der Waals surface area contributed by atoms with Gasteiger partial charge in [0.25, 0.3) is 0 Å². The van der Waals surface area contributed by atoms with Crippen molar-refractivity contribution < 1.29 is 39.3 Å². The third-order valence-corrected chi connectivity index (χ3v) is 7.77. The Morgan fingerprint density at radius 2 is 1.36 bits per heavy atom. The summed E-state index contributed by atoms with van der Waals surface area (Å²) in [5.41, 5.74) is 6.09. The van der Waals surface area contributed by atoms with Crippen molar-refractivity contribution in [2.75, 3.05) is 27.4 Å². The number of aryl methyl sites for hydroxylation is 2. The molecule has 0 spiro atoms. The van der Waals surface area contributed by atoms with E-state index < -0.39 is 0 Å². The van der Waals surface area contributed by atoms with Gasteiger partial charge in [-0.2, -0.15) is 0 Å². The number of oxime groups is 1. The summed E-state index contributed by atoms with van der Waals surface area (Å²) in [5.74, 6) is 2.64. The van der Waals surface area contributed by atoms with Gasteiger partial charge in [0.05, 0.1) is 38.8 Å². The van der Waals surface area contributed by atoms with Gasteiger partial charge in [0.2, 0.25) is 0 Å². The van der Waals surface area contributed by atoms with E-state index in [1.807, 2.05) is 38.4 Å². The van der Waals surface area contributed by atoms with Gasteiger partial charge in [0.15, 0.2) is 17.3 Å². The smallest absolute Gasteiger partial charge is 0.174 e. The second-order valence-electron chi connectivity index (χ2n) is 11.2. The lowest BCUT2D eigenvalue weighted by Gasteiger charge is -2.19. The lowest BCUT2D eigenvalue weighted by Crippen LogP contribution is -2.22. The fourth-order valence-electron chi connectivity index (χ4n) is 5.40. The van der Waals surface area contributed by atoms with Gasteiger partial charge < -0.3 is 34.9 Å². The predicted octanol–water partition coefficient (Wildman–Crippen LogP) is 4.63. The highest BCUT2D eigenvalue weighted by Gasteiger charge is 2.27. The predicted molar refractivity (Wildman–Crippen MR) is 167 cm³/mol. The van der Waals surface area contributed by atoms with Crippen molar-refractivity contribution in [3.63, 3.8) is 0 Å². The average Bonchev–Trinajstić information content (AvgIpc) is 3.59. The van der Waals surface area contributed by atoms with E-state index in [-0.39, 0.29) is 36.6 Å². The molecule has 44 heavy (non-hydrogen) atoms. The quantitative estimate of drug-likeness (QED) is 0.178. The number of hydrogen-bond donors (Lipinski definition) is 5. The normalized spacial score (nSPS) is 19.1. The number of carbonyl (C=O) groups excluding carboxylic acids is 3. The minimum atomic E-state index is -0.252. The van der Waals surface area contributed by atoms with Crippen LogP contribution in [0.5, 0.6) is 0 Å². The largest absolute Gasteiger partial charge is 0.501 e. The van der Waals surface area contributed by atoms with Crippen LogP contribution in [0, 0.1) is 31.6 Å². The van der Waals surface area contributed by atoms with Crippen molar-refractivity contribution >= 4 is 23.6 Å². The molecule has 0 aliphatic heterocycles. The molecule has 0 amide bonds. The molecule has 3 aliphatic carbocycles. The number of fused-ring (bicyclic) bond motifs is 2. The van der Waals surface area contributed by atoms with Crippen LogP contribution in [-0.2, 0) is 27.1 Å². The van der Waals surface area contributed by atoms with Gasteiger partial charge in [0, 0.05) is 67.2 Å². The first-order chi connectivity index (χ1) is 21.0. The number of ketones is 3. The fourth-order valence-corrected chi connectivity index (χ4v) is 5.40. The van der Waals surface area contributed by atoms with Crippen LogP contribution in [0.1, 0.15) is 82.8 Å².